The highest BCUT2D eigenvalue weighted by Crippen LogP contribution is 2.31. The zero-order valence-electron chi connectivity index (χ0n) is 17.5. The van der Waals surface area contributed by atoms with E-state index in [1.165, 1.54) is 18.8 Å². The molecule has 0 saturated heterocycles. The third kappa shape index (κ3) is 4.26. The van der Waals surface area contributed by atoms with Crippen molar-refractivity contribution in [3.05, 3.63) is 52.1 Å². The summed E-state index contributed by atoms with van der Waals surface area (Å²) in [6, 6.07) is 7.44. The molecule has 0 aliphatic rings. The molecule has 1 amide bonds. The highest BCUT2D eigenvalue weighted by Gasteiger charge is 2.29. The molecular formula is C21H28N2O3S2. The molecule has 1 N–H and O–H groups in total. The summed E-state index contributed by atoms with van der Waals surface area (Å²) in [6.45, 7) is 9.26. The summed E-state index contributed by atoms with van der Waals surface area (Å²) >= 11 is 1.52. The molecule has 2 rings (SSSR count). The number of hydrogen-bond donors (Lipinski definition) is 1. The number of carbonyl (C=O) groups excluding carboxylic acids is 1. The molecule has 0 spiro atoms. The summed E-state index contributed by atoms with van der Waals surface area (Å²) < 4.78 is 27.6. The molecule has 5 nitrogen and oxygen atoms in total. The van der Waals surface area contributed by atoms with Crippen LogP contribution in [-0.4, -0.2) is 38.5 Å². The van der Waals surface area contributed by atoms with E-state index in [-0.39, 0.29) is 12.5 Å². The summed E-state index contributed by atoms with van der Waals surface area (Å²) in [5.74, 6) is -0.372. The predicted octanol–water partition coefficient (Wildman–Crippen LogP) is 4.21. The quantitative estimate of drug-likeness (QED) is 0.711. The van der Waals surface area contributed by atoms with Crippen molar-refractivity contribution in [2.24, 2.45) is 0 Å². The van der Waals surface area contributed by atoms with Crippen molar-refractivity contribution in [3.63, 3.8) is 0 Å². The second-order valence-electron chi connectivity index (χ2n) is 6.96. The second-order valence-corrected chi connectivity index (χ2v) is 9.79. The van der Waals surface area contributed by atoms with E-state index in [9.17, 15) is 13.2 Å². The van der Waals surface area contributed by atoms with E-state index in [4.69, 9.17) is 0 Å². The van der Waals surface area contributed by atoms with Gasteiger partial charge in [0.1, 0.15) is 0 Å². The van der Waals surface area contributed by atoms with Gasteiger partial charge in [-0.1, -0.05) is 12.1 Å². The van der Waals surface area contributed by atoms with E-state index >= 15 is 0 Å². The van der Waals surface area contributed by atoms with Crippen molar-refractivity contribution in [3.8, 4) is 0 Å². The molecular weight excluding hydrogens is 392 g/mol. The Labute approximate surface area is 172 Å². The number of rotatable bonds is 6. The zero-order valence-corrected chi connectivity index (χ0v) is 19.1. The minimum Gasteiger partial charge on any atom is -0.324 e. The van der Waals surface area contributed by atoms with Gasteiger partial charge in [0.05, 0.1) is 17.1 Å². The molecule has 0 radical (unpaired) electrons. The molecule has 0 aliphatic heterocycles. The molecule has 0 unspecified atom stereocenters. The van der Waals surface area contributed by atoms with Crippen LogP contribution in [0.3, 0.4) is 0 Å². The first-order chi connectivity index (χ1) is 13.0. The van der Waals surface area contributed by atoms with Gasteiger partial charge in [0.15, 0.2) is 0 Å². The van der Waals surface area contributed by atoms with Crippen LogP contribution < -0.4 is 5.32 Å². The number of sulfonamides is 1. The number of nitrogens with one attached hydrogen (secondary N) is 1. The average molecular weight is 421 g/mol. The Morgan fingerprint density at radius 3 is 2.00 bits per heavy atom. The van der Waals surface area contributed by atoms with E-state index in [2.05, 4.69) is 5.32 Å². The van der Waals surface area contributed by atoms with Gasteiger partial charge in [-0.15, -0.1) is 11.8 Å². The number of hydrogen-bond acceptors (Lipinski definition) is 4. The number of nitrogens with zero attached hydrogens (tertiary/aromatic N) is 1. The predicted molar refractivity (Wildman–Crippen MR) is 117 cm³/mol. The van der Waals surface area contributed by atoms with Gasteiger partial charge in [0.2, 0.25) is 15.9 Å². The van der Waals surface area contributed by atoms with E-state index in [1.807, 2.05) is 59.1 Å². The summed E-state index contributed by atoms with van der Waals surface area (Å²) in [7, 11) is -2.35. The van der Waals surface area contributed by atoms with Crippen molar-refractivity contribution in [1.29, 1.82) is 0 Å². The first kappa shape index (κ1) is 22.5. The van der Waals surface area contributed by atoms with E-state index in [0.717, 1.165) is 37.0 Å². The standard InChI is InChI=1S/C21H28N2O3S2/c1-13-14(2)16(4)21(17(5)15(13)3)28(25,26)23(6)12-20(24)22-18-10-8-9-11-19(18)27-7/h8-11H,12H2,1-7H3,(H,22,24). The number of thioether (sulfide) groups is 1. The van der Waals surface area contributed by atoms with Crippen LogP contribution in [0.15, 0.2) is 34.1 Å². The fourth-order valence-corrected chi connectivity index (χ4v) is 5.47. The first-order valence-electron chi connectivity index (χ1n) is 8.98. The van der Waals surface area contributed by atoms with Crippen LogP contribution in [0, 0.1) is 34.6 Å². The zero-order chi connectivity index (χ0) is 21.2. The number of amides is 1. The highest BCUT2D eigenvalue weighted by atomic mass is 32.2. The summed E-state index contributed by atoms with van der Waals surface area (Å²) in [4.78, 5) is 13.7. The summed E-state index contributed by atoms with van der Waals surface area (Å²) in [5, 5.41) is 2.81. The molecule has 0 atom stereocenters. The normalized spacial score (nSPS) is 11.7. The van der Waals surface area contributed by atoms with E-state index in [1.54, 1.807) is 6.07 Å². The van der Waals surface area contributed by atoms with Gasteiger partial charge >= 0.3 is 0 Å². The molecule has 0 bridgehead atoms. The van der Waals surface area contributed by atoms with Crippen LogP contribution in [-0.2, 0) is 14.8 Å². The number of para-hydroxylation sites is 1. The van der Waals surface area contributed by atoms with Gasteiger partial charge in [0, 0.05) is 11.9 Å². The lowest BCUT2D eigenvalue weighted by molar-refractivity contribution is -0.116. The number of anilines is 1. The topological polar surface area (TPSA) is 66.5 Å². The van der Waals surface area contributed by atoms with Crippen molar-refractivity contribution in [1.82, 2.24) is 4.31 Å². The molecule has 0 saturated carbocycles. The van der Waals surface area contributed by atoms with Crippen LogP contribution in [0.2, 0.25) is 0 Å². The van der Waals surface area contributed by atoms with Gasteiger partial charge in [-0.25, -0.2) is 8.42 Å². The Bertz CT molecular complexity index is 986. The first-order valence-corrected chi connectivity index (χ1v) is 11.6. The lowest BCUT2D eigenvalue weighted by atomic mass is 9.95. The van der Waals surface area contributed by atoms with Crippen LogP contribution >= 0.6 is 11.8 Å². The van der Waals surface area contributed by atoms with Crippen LogP contribution in [0.5, 0.6) is 0 Å². The molecule has 0 fully saturated rings. The Balaban J connectivity index is 2.31. The summed E-state index contributed by atoms with van der Waals surface area (Å²) in [6.07, 6.45) is 1.93. The van der Waals surface area contributed by atoms with Gasteiger partial charge in [-0.2, -0.15) is 4.31 Å². The van der Waals surface area contributed by atoms with E-state index in [0.29, 0.717) is 10.6 Å². The highest BCUT2D eigenvalue weighted by molar-refractivity contribution is 7.98. The Morgan fingerprint density at radius 1 is 0.964 bits per heavy atom. The van der Waals surface area contributed by atoms with E-state index < -0.39 is 10.0 Å². The maximum atomic E-state index is 13.2. The number of benzene rings is 2. The van der Waals surface area contributed by atoms with Crippen molar-refractivity contribution in [2.45, 2.75) is 44.4 Å². The third-order valence-electron chi connectivity index (χ3n) is 5.35. The number of likely N-dealkylation sites (N-methyl/N-ethyl adjacent to an activating group) is 1. The molecule has 0 aromatic heterocycles. The molecule has 0 aliphatic carbocycles. The minimum absolute atomic E-state index is 0.254. The Morgan fingerprint density at radius 2 is 1.46 bits per heavy atom. The molecule has 0 heterocycles. The SMILES string of the molecule is CSc1ccccc1NC(=O)CN(C)S(=O)(=O)c1c(C)c(C)c(C)c(C)c1C. The maximum absolute atomic E-state index is 13.2. The molecule has 152 valence electrons. The smallest absolute Gasteiger partial charge is 0.243 e. The molecule has 7 heteroatoms. The fraction of sp³-hybridized carbons (Fsp3) is 0.381. The van der Waals surface area contributed by atoms with Gasteiger partial charge in [-0.3, -0.25) is 4.79 Å². The van der Waals surface area contributed by atoms with Crippen LogP contribution in [0.25, 0.3) is 0 Å². The third-order valence-corrected chi connectivity index (χ3v) is 8.22. The minimum atomic E-state index is -3.80. The Hall–Kier alpha value is -1.83. The van der Waals surface area contributed by atoms with Gasteiger partial charge in [-0.05, 0) is 80.8 Å². The van der Waals surface area contributed by atoms with Gasteiger partial charge < -0.3 is 5.32 Å². The molecule has 2 aromatic carbocycles. The van der Waals surface area contributed by atoms with Crippen LogP contribution in [0.4, 0.5) is 5.69 Å². The van der Waals surface area contributed by atoms with Crippen molar-refractivity contribution in [2.75, 3.05) is 25.2 Å². The second kappa shape index (κ2) is 8.68. The largest absolute Gasteiger partial charge is 0.324 e. The molecule has 28 heavy (non-hydrogen) atoms. The average Bonchev–Trinajstić information content (AvgIpc) is 2.65. The maximum Gasteiger partial charge on any atom is 0.243 e. The van der Waals surface area contributed by atoms with Gasteiger partial charge in [0.25, 0.3) is 0 Å². The molecule has 2 aromatic rings. The number of carbonyl (C=O) groups is 1. The monoisotopic (exact) mass is 420 g/mol. The lowest BCUT2D eigenvalue weighted by Gasteiger charge is -2.23. The summed E-state index contributed by atoms with van der Waals surface area (Å²) in [5.41, 5.74) is 5.19. The lowest BCUT2D eigenvalue weighted by Crippen LogP contribution is -2.36. The Kier molecular flexibility index (Phi) is 6.96. The van der Waals surface area contributed by atoms with Crippen molar-refractivity contribution < 1.29 is 13.2 Å². The van der Waals surface area contributed by atoms with Crippen molar-refractivity contribution >= 4 is 33.4 Å². The van der Waals surface area contributed by atoms with Crippen LogP contribution in [0.1, 0.15) is 27.8 Å². The fourth-order valence-electron chi connectivity index (χ4n) is 3.23.